The summed E-state index contributed by atoms with van der Waals surface area (Å²) in [5.41, 5.74) is 0.303. The van der Waals surface area contributed by atoms with Crippen LogP contribution < -0.4 is 4.90 Å². The first-order chi connectivity index (χ1) is 11.6. The Morgan fingerprint density at radius 3 is 2.44 bits per heavy atom. The lowest BCUT2D eigenvalue weighted by Gasteiger charge is -2.23. The largest absolute Gasteiger partial charge is 0.432 e. The van der Waals surface area contributed by atoms with E-state index in [-0.39, 0.29) is 10.7 Å². The summed E-state index contributed by atoms with van der Waals surface area (Å²) in [6.07, 6.45) is 2.53. The summed E-state index contributed by atoms with van der Waals surface area (Å²) in [4.78, 5) is 8.03. The smallest absolute Gasteiger partial charge is 0.343 e. The Bertz CT molecular complexity index is 942. The minimum Gasteiger partial charge on any atom is -0.343 e. The van der Waals surface area contributed by atoms with Crippen molar-refractivity contribution in [2.24, 2.45) is 0 Å². The summed E-state index contributed by atoms with van der Waals surface area (Å²) in [5.74, 6) is 0.112. The van der Waals surface area contributed by atoms with Gasteiger partial charge in [0.05, 0.1) is 11.1 Å². The molecule has 1 aliphatic heterocycles. The van der Waals surface area contributed by atoms with Crippen LogP contribution in [0.2, 0.25) is 0 Å². The van der Waals surface area contributed by atoms with Crippen LogP contribution in [0.3, 0.4) is 0 Å². The van der Waals surface area contributed by atoms with E-state index in [2.05, 4.69) is 9.97 Å². The zero-order valence-corrected chi connectivity index (χ0v) is 13.9. The van der Waals surface area contributed by atoms with Gasteiger partial charge in [-0.3, -0.25) is 0 Å². The normalized spacial score (nSPS) is 15.4. The van der Waals surface area contributed by atoms with Gasteiger partial charge in [0, 0.05) is 30.3 Å². The number of aromatic amines is 1. The van der Waals surface area contributed by atoms with Crippen molar-refractivity contribution in [2.75, 3.05) is 17.7 Å². The predicted octanol–water partition coefficient (Wildman–Crippen LogP) is 3.25. The third kappa shape index (κ3) is 3.76. The van der Waals surface area contributed by atoms with Gasteiger partial charge in [0.25, 0.3) is 0 Å². The fraction of sp³-hybridized carbons (Fsp3) is 0.188. The molecular weight excluding hydrogens is 355 g/mol. The molecule has 5 nitrogen and oxygen atoms in total. The van der Waals surface area contributed by atoms with Gasteiger partial charge in [0.1, 0.15) is 11.5 Å². The molecule has 0 atom stereocenters. The molecule has 132 valence electrons. The Balaban J connectivity index is 1.88. The van der Waals surface area contributed by atoms with E-state index < -0.39 is 21.7 Å². The van der Waals surface area contributed by atoms with Crippen molar-refractivity contribution in [3.05, 3.63) is 60.3 Å². The van der Waals surface area contributed by atoms with Gasteiger partial charge in [0.15, 0.2) is 9.84 Å². The number of H-pyrrole nitrogens is 1. The van der Waals surface area contributed by atoms with Crippen LogP contribution in [0.4, 0.5) is 18.9 Å². The van der Waals surface area contributed by atoms with E-state index in [1.54, 1.807) is 35.4 Å². The molecule has 0 spiro atoms. The van der Waals surface area contributed by atoms with Crippen molar-refractivity contribution in [3.63, 3.8) is 0 Å². The van der Waals surface area contributed by atoms with Crippen molar-refractivity contribution in [3.8, 4) is 0 Å². The summed E-state index contributed by atoms with van der Waals surface area (Å²) in [7, 11) is -3.28. The van der Waals surface area contributed by atoms with Crippen LogP contribution in [0.15, 0.2) is 53.7 Å². The minimum atomic E-state index is -4.48. The van der Waals surface area contributed by atoms with Gasteiger partial charge in [0.2, 0.25) is 0 Å². The number of hydrogen-bond donors (Lipinski definition) is 1. The third-order valence-corrected chi connectivity index (χ3v) is 4.77. The van der Waals surface area contributed by atoms with Gasteiger partial charge in [-0.15, -0.1) is 0 Å². The van der Waals surface area contributed by atoms with Crippen molar-refractivity contribution in [1.82, 2.24) is 9.97 Å². The molecule has 3 rings (SSSR count). The molecule has 0 fully saturated rings. The van der Waals surface area contributed by atoms with Crippen molar-refractivity contribution in [2.45, 2.75) is 11.1 Å². The molecule has 0 aliphatic carbocycles. The van der Waals surface area contributed by atoms with Crippen LogP contribution in [-0.4, -0.2) is 31.2 Å². The Hall–Kier alpha value is -2.55. The van der Waals surface area contributed by atoms with E-state index in [9.17, 15) is 21.6 Å². The number of hydrogen-bond acceptors (Lipinski definition) is 4. The average Bonchev–Trinajstić information content (AvgIpc) is 3.05. The third-order valence-electron chi connectivity index (χ3n) is 3.65. The molecule has 2 heterocycles. The zero-order chi connectivity index (χ0) is 18.2. The first-order valence-electron chi connectivity index (χ1n) is 7.22. The number of halogens is 3. The quantitative estimate of drug-likeness (QED) is 0.902. The lowest BCUT2D eigenvalue weighted by atomic mass is 10.1. The molecule has 9 heteroatoms. The number of allylic oxidation sites excluding steroid dienone is 2. The molecule has 0 saturated heterocycles. The van der Waals surface area contributed by atoms with E-state index in [0.717, 1.165) is 18.1 Å². The molecule has 1 aromatic carbocycles. The molecular formula is C16H14F3N3O2S. The highest BCUT2D eigenvalue weighted by Crippen LogP contribution is 2.30. The minimum absolute atomic E-state index is 0.112. The fourth-order valence-corrected chi connectivity index (χ4v) is 3.00. The van der Waals surface area contributed by atoms with Gasteiger partial charge < -0.3 is 9.88 Å². The maximum absolute atomic E-state index is 12.7. The highest BCUT2D eigenvalue weighted by atomic mass is 32.2. The number of nitrogens with zero attached hydrogens (tertiary/aromatic N) is 2. The maximum atomic E-state index is 12.7. The van der Waals surface area contributed by atoms with Gasteiger partial charge in [-0.05, 0) is 24.3 Å². The Morgan fingerprint density at radius 1 is 1.20 bits per heavy atom. The number of benzene rings is 1. The number of nitrogens with one attached hydrogen (secondary N) is 1. The highest BCUT2D eigenvalue weighted by Gasteiger charge is 2.33. The second-order valence-corrected chi connectivity index (χ2v) is 7.56. The van der Waals surface area contributed by atoms with Gasteiger partial charge in [-0.2, -0.15) is 13.2 Å². The summed E-state index contributed by atoms with van der Waals surface area (Å²) in [6, 6.07) is 6.27. The molecule has 1 N–H and O–H groups in total. The molecule has 25 heavy (non-hydrogen) atoms. The number of imidazole rings is 1. The lowest BCUT2D eigenvalue weighted by Crippen LogP contribution is -2.19. The fourth-order valence-electron chi connectivity index (χ4n) is 2.37. The Kier molecular flexibility index (Phi) is 4.19. The highest BCUT2D eigenvalue weighted by molar-refractivity contribution is 7.90. The topological polar surface area (TPSA) is 66.1 Å². The zero-order valence-electron chi connectivity index (χ0n) is 13.1. The first kappa shape index (κ1) is 17.3. The summed E-state index contributed by atoms with van der Waals surface area (Å²) < 4.78 is 61.0. The molecule has 0 amide bonds. The van der Waals surface area contributed by atoms with E-state index in [1.165, 1.54) is 12.1 Å². The van der Waals surface area contributed by atoms with E-state index in [0.29, 0.717) is 12.1 Å². The van der Waals surface area contributed by atoms with Crippen LogP contribution in [0.1, 0.15) is 11.5 Å². The van der Waals surface area contributed by atoms with Crippen LogP contribution in [0.5, 0.6) is 0 Å². The maximum Gasteiger partial charge on any atom is 0.432 e. The number of aromatic nitrogens is 2. The standard InChI is InChI=1S/C16H14F3N3O2S/c1-25(23,24)13-6-4-12(5-7-13)22-8-2-3-11(10-22)15-20-9-14(21-15)16(17,18)19/h2-7,9-10H,8H2,1H3,(H,20,21). The van der Waals surface area contributed by atoms with Crippen LogP contribution in [0, 0.1) is 0 Å². The number of anilines is 1. The Morgan fingerprint density at radius 2 is 1.88 bits per heavy atom. The van der Waals surface area contributed by atoms with Crippen LogP contribution in [0.25, 0.3) is 5.57 Å². The van der Waals surface area contributed by atoms with Gasteiger partial charge in [-0.25, -0.2) is 13.4 Å². The Labute approximate surface area is 142 Å². The second kappa shape index (κ2) is 6.07. The second-order valence-electron chi connectivity index (χ2n) is 5.55. The van der Waals surface area contributed by atoms with Gasteiger partial charge in [-0.1, -0.05) is 12.2 Å². The van der Waals surface area contributed by atoms with E-state index in [1.807, 2.05) is 0 Å². The summed E-state index contributed by atoms with van der Waals surface area (Å²) in [6.45, 7) is 0.508. The van der Waals surface area contributed by atoms with Crippen molar-refractivity contribution >= 4 is 21.1 Å². The lowest BCUT2D eigenvalue weighted by molar-refractivity contribution is -0.140. The molecule has 1 aromatic heterocycles. The van der Waals surface area contributed by atoms with Crippen molar-refractivity contribution < 1.29 is 21.6 Å². The summed E-state index contributed by atoms with van der Waals surface area (Å²) in [5, 5.41) is 0. The molecule has 0 saturated carbocycles. The molecule has 0 radical (unpaired) electrons. The monoisotopic (exact) mass is 369 g/mol. The molecule has 0 bridgehead atoms. The number of alkyl halides is 3. The van der Waals surface area contributed by atoms with Crippen LogP contribution >= 0.6 is 0 Å². The SMILES string of the molecule is CS(=O)(=O)c1ccc(N2C=C(c3ncc(C(F)(F)F)[nH]3)C=CC2)cc1. The molecule has 0 unspecified atom stereocenters. The van der Waals surface area contributed by atoms with E-state index in [4.69, 9.17) is 0 Å². The molecule has 1 aliphatic rings. The summed E-state index contributed by atoms with van der Waals surface area (Å²) >= 11 is 0. The van der Waals surface area contributed by atoms with Gasteiger partial charge >= 0.3 is 6.18 Å². The van der Waals surface area contributed by atoms with Crippen LogP contribution in [-0.2, 0) is 16.0 Å². The molecule has 2 aromatic rings. The first-order valence-corrected chi connectivity index (χ1v) is 9.11. The van der Waals surface area contributed by atoms with Crippen molar-refractivity contribution in [1.29, 1.82) is 0 Å². The predicted molar refractivity (Wildman–Crippen MR) is 87.6 cm³/mol. The number of sulfone groups is 1. The number of rotatable bonds is 3. The van der Waals surface area contributed by atoms with E-state index >= 15 is 0 Å². The average molecular weight is 369 g/mol.